The number of hydrogen-bond acceptors (Lipinski definition) is 5. The Morgan fingerprint density at radius 1 is 0.846 bits per heavy atom. The minimum absolute atomic E-state index is 0.450. The Bertz CT molecular complexity index is 1140. The van der Waals surface area contributed by atoms with E-state index in [9.17, 15) is 4.21 Å². The highest BCUT2D eigenvalue weighted by Crippen LogP contribution is 2.34. The molecule has 6 heteroatoms. The molecule has 4 rings (SSSR count). The number of aromatic nitrogens is 2. The summed E-state index contributed by atoms with van der Waals surface area (Å²) in [5.74, 6) is 1.12. The van der Waals surface area contributed by atoms with Crippen LogP contribution in [-0.4, -0.2) is 28.4 Å². The summed E-state index contributed by atoms with van der Waals surface area (Å²) in [5.41, 5.74) is 0.654. The SMILES string of the molecule is COc1cc2ncnc(S(=O)c3ccc4ccccc4c3)c2cc1OC. The number of hydrogen-bond donors (Lipinski definition) is 0. The first-order valence-corrected chi connectivity index (χ1v) is 9.13. The lowest BCUT2D eigenvalue weighted by molar-refractivity contribution is 0.355. The van der Waals surface area contributed by atoms with Crippen LogP contribution in [0, 0.1) is 0 Å². The molecule has 130 valence electrons. The molecule has 1 heterocycles. The van der Waals surface area contributed by atoms with Crippen LogP contribution in [-0.2, 0) is 10.8 Å². The molecule has 0 N–H and O–H groups in total. The van der Waals surface area contributed by atoms with E-state index in [1.807, 2.05) is 42.5 Å². The van der Waals surface area contributed by atoms with E-state index in [4.69, 9.17) is 9.47 Å². The highest BCUT2D eigenvalue weighted by molar-refractivity contribution is 7.85. The maximum Gasteiger partial charge on any atom is 0.162 e. The second-order valence-electron chi connectivity index (χ2n) is 5.68. The van der Waals surface area contributed by atoms with Crippen molar-refractivity contribution in [1.29, 1.82) is 0 Å². The van der Waals surface area contributed by atoms with Gasteiger partial charge in [0.2, 0.25) is 0 Å². The zero-order chi connectivity index (χ0) is 18.1. The number of methoxy groups -OCH3 is 2. The van der Waals surface area contributed by atoms with Gasteiger partial charge in [0.05, 0.1) is 19.7 Å². The van der Waals surface area contributed by atoms with Crippen LogP contribution in [0.1, 0.15) is 0 Å². The van der Waals surface area contributed by atoms with Crippen LogP contribution in [0.5, 0.6) is 11.5 Å². The number of fused-ring (bicyclic) bond motifs is 2. The molecule has 0 radical (unpaired) electrons. The Labute approximate surface area is 153 Å². The van der Waals surface area contributed by atoms with E-state index < -0.39 is 10.8 Å². The molecule has 0 fully saturated rings. The highest BCUT2D eigenvalue weighted by atomic mass is 32.2. The molecule has 0 spiro atoms. The van der Waals surface area contributed by atoms with Crippen molar-refractivity contribution in [2.24, 2.45) is 0 Å². The molecule has 1 aromatic heterocycles. The van der Waals surface area contributed by atoms with Crippen molar-refractivity contribution in [3.63, 3.8) is 0 Å². The van der Waals surface area contributed by atoms with Gasteiger partial charge in [0.25, 0.3) is 0 Å². The smallest absolute Gasteiger partial charge is 0.162 e. The van der Waals surface area contributed by atoms with Crippen LogP contribution in [0.25, 0.3) is 21.7 Å². The van der Waals surface area contributed by atoms with Crippen molar-refractivity contribution in [2.75, 3.05) is 14.2 Å². The molecule has 1 atom stereocenters. The summed E-state index contributed by atoms with van der Waals surface area (Å²) < 4.78 is 23.9. The summed E-state index contributed by atoms with van der Waals surface area (Å²) in [7, 11) is 1.69. The quantitative estimate of drug-likeness (QED) is 0.513. The average Bonchev–Trinajstić information content (AvgIpc) is 2.71. The fourth-order valence-corrected chi connectivity index (χ4v) is 4.06. The molecule has 0 bridgehead atoms. The van der Waals surface area contributed by atoms with Gasteiger partial charge in [-0.25, -0.2) is 14.2 Å². The van der Waals surface area contributed by atoms with E-state index >= 15 is 0 Å². The topological polar surface area (TPSA) is 61.3 Å². The molecular formula is C20H16N2O3S. The lowest BCUT2D eigenvalue weighted by atomic mass is 10.1. The van der Waals surface area contributed by atoms with Crippen LogP contribution in [0.2, 0.25) is 0 Å². The summed E-state index contributed by atoms with van der Waals surface area (Å²) in [6.45, 7) is 0. The molecule has 0 aliphatic heterocycles. The fraction of sp³-hybridized carbons (Fsp3) is 0.100. The highest BCUT2D eigenvalue weighted by Gasteiger charge is 2.16. The molecule has 3 aromatic carbocycles. The maximum atomic E-state index is 13.2. The van der Waals surface area contributed by atoms with Gasteiger partial charge in [-0.2, -0.15) is 0 Å². The number of rotatable bonds is 4. The summed E-state index contributed by atoms with van der Waals surface area (Å²) in [6.07, 6.45) is 1.42. The van der Waals surface area contributed by atoms with Gasteiger partial charge >= 0.3 is 0 Å². The zero-order valence-corrected chi connectivity index (χ0v) is 15.1. The Morgan fingerprint density at radius 2 is 1.58 bits per heavy atom. The third-order valence-electron chi connectivity index (χ3n) is 4.21. The first kappa shape index (κ1) is 16.5. The molecule has 0 aliphatic carbocycles. The minimum atomic E-state index is -1.44. The molecule has 0 aliphatic rings. The summed E-state index contributed by atoms with van der Waals surface area (Å²) in [6, 6.07) is 17.3. The van der Waals surface area contributed by atoms with Crippen molar-refractivity contribution < 1.29 is 13.7 Å². The molecule has 26 heavy (non-hydrogen) atoms. The monoisotopic (exact) mass is 364 g/mol. The number of nitrogens with zero attached hydrogens (tertiary/aromatic N) is 2. The Kier molecular flexibility index (Phi) is 4.26. The minimum Gasteiger partial charge on any atom is -0.493 e. The predicted molar refractivity (Wildman–Crippen MR) is 101 cm³/mol. The van der Waals surface area contributed by atoms with Gasteiger partial charge in [0.15, 0.2) is 11.5 Å². The normalized spacial score (nSPS) is 12.2. The molecule has 0 saturated heterocycles. The lowest BCUT2D eigenvalue weighted by Crippen LogP contribution is -2.00. The molecule has 4 aromatic rings. The van der Waals surface area contributed by atoms with Crippen LogP contribution >= 0.6 is 0 Å². The number of benzene rings is 3. The summed E-state index contributed by atoms with van der Waals surface area (Å²) in [4.78, 5) is 9.25. The molecule has 0 saturated carbocycles. The van der Waals surface area contributed by atoms with Gasteiger partial charge in [-0.3, -0.25) is 0 Å². The van der Waals surface area contributed by atoms with Crippen LogP contribution in [0.15, 0.2) is 70.8 Å². The van der Waals surface area contributed by atoms with Crippen LogP contribution < -0.4 is 9.47 Å². The molecule has 1 unspecified atom stereocenters. The van der Waals surface area contributed by atoms with Gasteiger partial charge in [-0.15, -0.1) is 0 Å². The van der Waals surface area contributed by atoms with Gasteiger partial charge in [-0.1, -0.05) is 30.3 Å². The third-order valence-corrected chi connectivity index (χ3v) is 5.57. The van der Waals surface area contributed by atoms with E-state index in [0.29, 0.717) is 32.3 Å². The maximum absolute atomic E-state index is 13.2. The van der Waals surface area contributed by atoms with Gasteiger partial charge in [0, 0.05) is 16.3 Å². The van der Waals surface area contributed by atoms with E-state index in [0.717, 1.165) is 10.8 Å². The van der Waals surface area contributed by atoms with E-state index in [2.05, 4.69) is 9.97 Å². The second kappa shape index (κ2) is 6.72. The molecule has 5 nitrogen and oxygen atoms in total. The van der Waals surface area contributed by atoms with Crippen LogP contribution in [0.3, 0.4) is 0 Å². The van der Waals surface area contributed by atoms with E-state index in [1.54, 1.807) is 26.4 Å². The summed E-state index contributed by atoms with van der Waals surface area (Å²) >= 11 is 0. The zero-order valence-electron chi connectivity index (χ0n) is 14.3. The average molecular weight is 364 g/mol. The van der Waals surface area contributed by atoms with Gasteiger partial charge < -0.3 is 9.47 Å². The fourth-order valence-electron chi connectivity index (χ4n) is 2.90. The standard InChI is InChI=1S/C20H16N2O3S/c1-24-18-10-16-17(11-19(18)25-2)21-12-22-20(16)26(23)15-8-7-13-5-3-4-6-14(13)9-15/h3-12H,1-2H3. The van der Waals surface area contributed by atoms with Crippen molar-refractivity contribution >= 4 is 32.5 Å². The van der Waals surface area contributed by atoms with Crippen molar-refractivity contribution in [1.82, 2.24) is 9.97 Å². The largest absolute Gasteiger partial charge is 0.493 e. The summed E-state index contributed by atoms with van der Waals surface area (Å²) in [5, 5.41) is 3.27. The first-order chi connectivity index (χ1) is 12.7. The Hall–Kier alpha value is -2.99. The van der Waals surface area contributed by atoms with Crippen molar-refractivity contribution in [3.8, 4) is 11.5 Å². The third kappa shape index (κ3) is 2.78. The molecule has 0 amide bonds. The number of ether oxygens (including phenoxy) is 2. The molecular weight excluding hydrogens is 348 g/mol. The second-order valence-corrected chi connectivity index (χ2v) is 7.08. The van der Waals surface area contributed by atoms with Gasteiger partial charge in [0.1, 0.15) is 22.2 Å². The van der Waals surface area contributed by atoms with E-state index in [-0.39, 0.29) is 0 Å². The lowest BCUT2D eigenvalue weighted by Gasteiger charge is -2.11. The predicted octanol–water partition coefficient (Wildman–Crippen LogP) is 3.97. The Morgan fingerprint density at radius 3 is 2.35 bits per heavy atom. The Balaban J connectivity index is 1.87. The van der Waals surface area contributed by atoms with Crippen molar-refractivity contribution in [2.45, 2.75) is 9.92 Å². The first-order valence-electron chi connectivity index (χ1n) is 7.98. The van der Waals surface area contributed by atoms with Gasteiger partial charge in [-0.05, 0) is 29.0 Å². The van der Waals surface area contributed by atoms with E-state index in [1.165, 1.54) is 6.33 Å². The van der Waals surface area contributed by atoms with Crippen molar-refractivity contribution in [3.05, 3.63) is 60.9 Å². The van der Waals surface area contributed by atoms with Crippen LogP contribution in [0.4, 0.5) is 0 Å².